The lowest BCUT2D eigenvalue weighted by molar-refractivity contribution is -0.120. The molecule has 0 bridgehead atoms. The highest BCUT2D eigenvalue weighted by molar-refractivity contribution is 5.94. The number of carbonyl (C=O) groups is 2. The minimum absolute atomic E-state index is 0.0952. The molecule has 1 aromatic carbocycles. The molecule has 0 spiro atoms. The number of nitrogens with one attached hydrogen (secondary N) is 2. The topological polar surface area (TPSA) is 102 Å². The van der Waals surface area contributed by atoms with Crippen LogP contribution in [-0.2, 0) is 11.3 Å². The summed E-state index contributed by atoms with van der Waals surface area (Å²) in [4.78, 5) is 23.7. The first-order valence-electron chi connectivity index (χ1n) is 6.04. The van der Waals surface area contributed by atoms with Gasteiger partial charge in [0.1, 0.15) is 0 Å². The fraction of sp³-hybridized carbons (Fsp3) is 0.250. The van der Waals surface area contributed by atoms with E-state index in [4.69, 9.17) is 0 Å². The number of urea groups is 1. The molecule has 0 aliphatic heterocycles. The van der Waals surface area contributed by atoms with Gasteiger partial charge in [0.2, 0.25) is 11.7 Å². The maximum atomic E-state index is 11.4. The summed E-state index contributed by atoms with van der Waals surface area (Å²) in [5.74, 6) is 0.0974. The smallest absolute Gasteiger partial charge is 0.321 e. The molecule has 0 saturated heterocycles. The van der Waals surface area contributed by atoms with E-state index in [1.54, 1.807) is 0 Å². The number of tetrazole rings is 1. The van der Waals surface area contributed by atoms with Gasteiger partial charge in [-0.1, -0.05) is 30.3 Å². The number of carbonyl (C=O) groups excluding carboxylic acids is 2. The van der Waals surface area contributed by atoms with Crippen molar-refractivity contribution in [2.45, 2.75) is 13.0 Å². The van der Waals surface area contributed by atoms with Gasteiger partial charge in [-0.2, -0.15) is 4.80 Å². The number of imide groups is 1. The fourth-order valence-corrected chi connectivity index (χ4v) is 1.49. The molecule has 0 fully saturated rings. The Labute approximate surface area is 115 Å². The van der Waals surface area contributed by atoms with E-state index in [1.165, 1.54) is 11.8 Å². The number of nitrogens with zero attached hydrogens (tertiary/aromatic N) is 4. The largest absolute Gasteiger partial charge is 0.341 e. The van der Waals surface area contributed by atoms with Crippen molar-refractivity contribution < 1.29 is 9.59 Å². The lowest BCUT2D eigenvalue weighted by atomic mass is 10.2. The number of hydrogen-bond donors (Lipinski definition) is 2. The second kappa shape index (κ2) is 6.41. The molecule has 8 nitrogen and oxygen atoms in total. The molecule has 2 rings (SSSR count). The number of hydrogen-bond acceptors (Lipinski definition) is 5. The Kier molecular flexibility index (Phi) is 4.38. The second-order valence-corrected chi connectivity index (χ2v) is 3.95. The molecule has 2 N–H and O–H groups in total. The highest BCUT2D eigenvalue weighted by Crippen LogP contribution is 2.11. The summed E-state index contributed by atoms with van der Waals surface area (Å²) in [5.41, 5.74) is 0.855. The van der Waals surface area contributed by atoms with Gasteiger partial charge in [-0.15, -0.1) is 10.2 Å². The highest BCUT2D eigenvalue weighted by Gasteiger charge is 2.09. The number of aromatic nitrogens is 4. The third kappa shape index (κ3) is 3.61. The lowest BCUT2D eigenvalue weighted by Crippen LogP contribution is -2.37. The Morgan fingerprint density at radius 1 is 1.25 bits per heavy atom. The normalized spacial score (nSPS) is 10.1. The van der Waals surface area contributed by atoms with Crippen LogP contribution in [0, 0.1) is 0 Å². The third-order valence-electron chi connectivity index (χ3n) is 2.50. The molecule has 1 aromatic heterocycles. The summed E-state index contributed by atoms with van der Waals surface area (Å²) in [7, 11) is 1.44. The van der Waals surface area contributed by atoms with Crippen molar-refractivity contribution in [2.75, 3.05) is 7.05 Å². The van der Waals surface area contributed by atoms with E-state index < -0.39 is 11.9 Å². The van der Waals surface area contributed by atoms with Crippen LogP contribution in [0.1, 0.15) is 6.42 Å². The van der Waals surface area contributed by atoms with Gasteiger partial charge in [0.25, 0.3) is 0 Å². The van der Waals surface area contributed by atoms with Crippen LogP contribution in [0.3, 0.4) is 0 Å². The zero-order valence-corrected chi connectivity index (χ0v) is 10.9. The summed E-state index contributed by atoms with van der Waals surface area (Å²) in [6.45, 7) is 0.253. The van der Waals surface area contributed by atoms with Gasteiger partial charge in [-0.3, -0.25) is 10.1 Å². The first kappa shape index (κ1) is 13.7. The molecule has 3 amide bonds. The molecule has 8 heteroatoms. The van der Waals surface area contributed by atoms with Gasteiger partial charge < -0.3 is 5.32 Å². The van der Waals surface area contributed by atoms with Crippen molar-refractivity contribution >= 4 is 11.9 Å². The van der Waals surface area contributed by atoms with Gasteiger partial charge in [0.05, 0.1) is 6.54 Å². The van der Waals surface area contributed by atoms with Crippen LogP contribution in [0.2, 0.25) is 0 Å². The maximum Gasteiger partial charge on any atom is 0.321 e. The van der Waals surface area contributed by atoms with Gasteiger partial charge >= 0.3 is 6.03 Å². The Balaban J connectivity index is 1.91. The highest BCUT2D eigenvalue weighted by atomic mass is 16.2. The van der Waals surface area contributed by atoms with E-state index in [0.29, 0.717) is 5.82 Å². The zero-order chi connectivity index (χ0) is 14.4. The summed E-state index contributed by atoms with van der Waals surface area (Å²) >= 11 is 0. The second-order valence-electron chi connectivity index (χ2n) is 3.95. The predicted octanol–water partition coefficient (Wildman–Crippen LogP) is 0.186. The Bertz CT molecular complexity index is 595. The van der Waals surface area contributed by atoms with E-state index in [-0.39, 0.29) is 13.0 Å². The molecule has 0 atom stereocenters. The minimum atomic E-state index is -0.536. The summed E-state index contributed by atoms with van der Waals surface area (Å²) in [5, 5.41) is 16.4. The van der Waals surface area contributed by atoms with E-state index >= 15 is 0 Å². The van der Waals surface area contributed by atoms with E-state index in [1.807, 2.05) is 30.3 Å². The standard InChI is InChI=1S/C12H14N6O2/c1-13-12(20)14-10(19)7-8-18-16-11(15-17-18)9-5-3-2-4-6-9/h2-6H,7-8H2,1H3,(H2,13,14,19,20). The zero-order valence-electron chi connectivity index (χ0n) is 10.9. The molecule has 0 unspecified atom stereocenters. The van der Waals surface area contributed by atoms with Crippen molar-refractivity contribution in [2.24, 2.45) is 0 Å². The Hall–Kier alpha value is -2.77. The van der Waals surface area contributed by atoms with Crippen LogP contribution in [0.15, 0.2) is 30.3 Å². The van der Waals surface area contributed by atoms with Crippen molar-refractivity contribution in [1.29, 1.82) is 0 Å². The molecule has 104 valence electrons. The summed E-state index contributed by atoms with van der Waals surface area (Å²) in [6.07, 6.45) is 0.0952. The van der Waals surface area contributed by atoms with Crippen LogP contribution < -0.4 is 10.6 Å². The molecule has 0 aliphatic carbocycles. The first-order chi connectivity index (χ1) is 9.69. The summed E-state index contributed by atoms with van der Waals surface area (Å²) < 4.78 is 0. The van der Waals surface area contributed by atoms with Gasteiger partial charge in [0.15, 0.2) is 0 Å². The maximum absolute atomic E-state index is 11.4. The van der Waals surface area contributed by atoms with Gasteiger partial charge in [-0.25, -0.2) is 4.79 Å². The van der Waals surface area contributed by atoms with E-state index in [2.05, 4.69) is 26.0 Å². The monoisotopic (exact) mass is 274 g/mol. The quantitative estimate of drug-likeness (QED) is 0.828. The average molecular weight is 274 g/mol. The minimum Gasteiger partial charge on any atom is -0.341 e. The molecule has 0 radical (unpaired) electrons. The number of amides is 3. The molecule has 20 heavy (non-hydrogen) atoms. The van der Waals surface area contributed by atoms with Crippen molar-refractivity contribution in [1.82, 2.24) is 30.8 Å². The van der Waals surface area contributed by atoms with E-state index in [9.17, 15) is 9.59 Å². The van der Waals surface area contributed by atoms with Crippen LogP contribution in [0.25, 0.3) is 11.4 Å². The first-order valence-corrected chi connectivity index (χ1v) is 6.04. The Morgan fingerprint density at radius 3 is 2.70 bits per heavy atom. The SMILES string of the molecule is CNC(=O)NC(=O)CCn1nnc(-c2ccccc2)n1. The van der Waals surface area contributed by atoms with Crippen LogP contribution in [0.4, 0.5) is 4.79 Å². The fourth-order valence-electron chi connectivity index (χ4n) is 1.49. The van der Waals surface area contributed by atoms with Gasteiger partial charge in [-0.05, 0) is 5.21 Å². The van der Waals surface area contributed by atoms with Gasteiger partial charge in [0, 0.05) is 19.0 Å². The molecule has 0 saturated carbocycles. The van der Waals surface area contributed by atoms with Crippen molar-refractivity contribution in [3.8, 4) is 11.4 Å². The van der Waals surface area contributed by atoms with Crippen LogP contribution in [0.5, 0.6) is 0 Å². The van der Waals surface area contributed by atoms with Crippen LogP contribution >= 0.6 is 0 Å². The van der Waals surface area contributed by atoms with Crippen molar-refractivity contribution in [3.05, 3.63) is 30.3 Å². The van der Waals surface area contributed by atoms with E-state index in [0.717, 1.165) is 5.56 Å². The van der Waals surface area contributed by atoms with Crippen LogP contribution in [-0.4, -0.2) is 39.2 Å². The Morgan fingerprint density at radius 2 is 2.00 bits per heavy atom. The average Bonchev–Trinajstić information content (AvgIpc) is 2.95. The predicted molar refractivity (Wildman–Crippen MR) is 70.5 cm³/mol. The number of aryl methyl sites for hydroxylation is 1. The molecular weight excluding hydrogens is 260 g/mol. The third-order valence-corrected chi connectivity index (χ3v) is 2.50. The summed E-state index contributed by atoms with van der Waals surface area (Å²) in [6, 6.07) is 8.88. The number of rotatable bonds is 4. The molecule has 0 aliphatic rings. The molecule has 1 heterocycles. The molecular formula is C12H14N6O2. The van der Waals surface area contributed by atoms with Crippen molar-refractivity contribution in [3.63, 3.8) is 0 Å². The number of benzene rings is 1. The molecule has 2 aromatic rings. The lowest BCUT2D eigenvalue weighted by Gasteiger charge is -2.01.